The molecule has 0 unspecified atom stereocenters. The van der Waals surface area contributed by atoms with Crippen LogP contribution in [0.3, 0.4) is 0 Å². The van der Waals surface area contributed by atoms with Crippen LogP contribution in [0.1, 0.15) is 31.9 Å². The van der Waals surface area contributed by atoms with Crippen LogP contribution in [0.15, 0.2) is 18.2 Å². The molecule has 0 bridgehead atoms. The standard InChI is InChI=1S/C13H19FO2S/c1-3-17-8-4-7-16-13-9-11(14)5-6-12(13)10(2)15/h5-6,9-10,15H,3-4,7-8H2,1-2H3/t10-/m1/s1. The second-order valence-corrected chi connectivity index (χ2v) is 5.15. The minimum absolute atomic E-state index is 0.340. The van der Waals surface area contributed by atoms with Gasteiger partial charge in [-0.3, -0.25) is 0 Å². The number of thioether (sulfide) groups is 1. The highest BCUT2D eigenvalue weighted by Crippen LogP contribution is 2.26. The third-order valence-corrected chi connectivity index (χ3v) is 3.31. The Kier molecular flexibility index (Phi) is 6.37. The maximum atomic E-state index is 13.1. The van der Waals surface area contributed by atoms with Crippen LogP contribution in [0.2, 0.25) is 0 Å². The summed E-state index contributed by atoms with van der Waals surface area (Å²) in [6.07, 6.45) is 0.282. The fraction of sp³-hybridized carbons (Fsp3) is 0.538. The molecule has 1 N–H and O–H groups in total. The van der Waals surface area contributed by atoms with E-state index in [0.29, 0.717) is 17.9 Å². The molecule has 0 amide bonds. The average Bonchev–Trinajstić information content (AvgIpc) is 2.28. The largest absolute Gasteiger partial charge is 0.493 e. The first kappa shape index (κ1) is 14.3. The highest BCUT2D eigenvalue weighted by Gasteiger charge is 2.10. The van der Waals surface area contributed by atoms with E-state index in [1.165, 1.54) is 12.1 Å². The first-order valence-corrected chi connectivity index (χ1v) is 6.98. The normalized spacial score (nSPS) is 12.5. The fourth-order valence-electron chi connectivity index (χ4n) is 1.47. The van der Waals surface area contributed by atoms with Crippen LogP contribution in [-0.4, -0.2) is 23.2 Å². The van der Waals surface area contributed by atoms with Crippen molar-refractivity contribution in [3.8, 4) is 5.75 Å². The molecule has 0 aromatic heterocycles. The Morgan fingerprint density at radius 2 is 2.24 bits per heavy atom. The zero-order valence-corrected chi connectivity index (χ0v) is 11.1. The molecule has 0 aliphatic carbocycles. The lowest BCUT2D eigenvalue weighted by atomic mass is 10.1. The zero-order chi connectivity index (χ0) is 12.7. The van der Waals surface area contributed by atoms with Gasteiger partial charge in [-0.1, -0.05) is 6.92 Å². The van der Waals surface area contributed by atoms with Crippen molar-refractivity contribution in [2.75, 3.05) is 18.1 Å². The van der Waals surface area contributed by atoms with Crippen molar-refractivity contribution < 1.29 is 14.2 Å². The van der Waals surface area contributed by atoms with Gasteiger partial charge in [-0.2, -0.15) is 11.8 Å². The van der Waals surface area contributed by atoms with Crippen molar-refractivity contribution in [1.82, 2.24) is 0 Å². The van der Waals surface area contributed by atoms with Crippen molar-refractivity contribution in [3.05, 3.63) is 29.6 Å². The Morgan fingerprint density at radius 1 is 1.47 bits per heavy atom. The molecule has 0 aliphatic rings. The molecule has 96 valence electrons. The Hall–Kier alpha value is -0.740. The Labute approximate surface area is 106 Å². The maximum Gasteiger partial charge on any atom is 0.127 e. The van der Waals surface area contributed by atoms with Gasteiger partial charge in [0.25, 0.3) is 0 Å². The van der Waals surface area contributed by atoms with Gasteiger partial charge in [-0.25, -0.2) is 4.39 Å². The SMILES string of the molecule is CCSCCCOc1cc(F)ccc1[C@@H](C)O. The molecule has 0 saturated carbocycles. The minimum Gasteiger partial charge on any atom is -0.493 e. The molecule has 1 rings (SSSR count). The van der Waals surface area contributed by atoms with Gasteiger partial charge < -0.3 is 9.84 Å². The number of rotatable bonds is 7. The molecule has 1 atom stereocenters. The highest BCUT2D eigenvalue weighted by atomic mass is 32.2. The molecule has 17 heavy (non-hydrogen) atoms. The van der Waals surface area contributed by atoms with E-state index < -0.39 is 6.10 Å². The smallest absolute Gasteiger partial charge is 0.127 e. The summed E-state index contributed by atoms with van der Waals surface area (Å²) in [5.41, 5.74) is 0.634. The highest BCUT2D eigenvalue weighted by molar-refractivity contribution is 7.99. The summed E-state index contributed by atoms with van der Waals surface area (Å²) in [6.45, 7) is 4.31. The molecular formula is C13H19FO2S. The molecule has 1 aromatic carbocycles. The van der Waals surface area contributed by atoms with Crippen LogP contribution in [0.5, 0.6) is 5.75 Å². The summed E-state index contributed by atoms with van der Waals surface area (Å²) in [6, 6.07) is 4.23. The van der Waals surface area contributed by atoms with Crippen LogP contribution in [0, 0.1) is 5.82 Å². The Balaban J connectivity index is 2.53. The topological polar surface area (TPSA) is 29.5 Å². The summed E-state index contributed by atoms with van der Waals surface area (Å²) >= 11 is 1.85. The van der Waals surface area contributed by atoms with Gasteiger partial charge in [0.15, 0.2) is 0 Å². The molecule has 0 aliphatic heterocycles. The summed E-state index contributed by atoms with van der Waals surface area (Å²) in [7, 11) is 0. The molecule has 0 spiro atoms. The second kappa shape index (κ2) is 7.56. The molecule has 2 nitrogen and oxygen atoms in total. The summed E-state index contributed by atoms with van der Waals surface area (Å²) in [5.74, 6) is 2.24. The Bertz CT molecular complexity index is 342. The number of halogens is 1. The van der Waals surface area contributed by atoms with Gasteiger partial charge in [-0.05, 0) is 37.0 Å². The molecule has 1 aromatic rings. The van der Waals surface area contributed by atoms with Crippen molar-refractivity contribution >= 4 is 11.8 Å². The molecule has 0 saturated heterocycles. The lowest BCUT2D eigenvalue weighted by molar-refractivity contribution is 0.191. The number of aliphatic hydroxyl groups is 1. The van der Waals surface area contributed by atoms with Gasteiger partial charge in [0.1, 0.15) is 11.6 Å². The van der Waals surface area contributed by atoms with E-state index in [1.807, 2.05) is 11.8 Å². The summed E-state index contributed by atoms with van der Waals surface area (Å²) < 4.78 is 18.6. The number of ether oxygens (including phenoxy) is 1. The number of benzene rings is 1. The van der Waals surface area contributed by atoms with Crippen LogP contribution in [0.4, 0.5) is 4.39 Å². The molecule has 0 heterocycles. The van der Waals surface area contributed by atoms with Crippen LogP contribution in [0.25, 0.3) is 0 Å². The average molecular weight is 258 g/mol. The Morgan fingerprint density at radius 3 is 2.88 bits per heavy atom. The summed E-state index contributed by atoms with van der Waals surface area (Å²) in [5, 5.41) is 9.53. The second-order valence-electron chi connectivity index (χ2n) is 3.76. The molecular weight excluding hydrogens is 239 g/mol. The zero-order valence-electron chi connectivity index (χ0n) is 10.3. The minimum atomic E-state index is -0.643. The van der Waals surface area contributed by atoms with E-state index in [0.717, 1.165) is 17.9 Å². The van der Waals surface area contributed by atoms with Gasteiger partial charge in [0, 0.05) is 11.6 Å². The van der Waals surface area contributed by atoms with Crippen LogP contribution in [-0.2, 0) is 0 Å². The van der Waals surface area contributed by atoms with Crippen LogP contribution < -0.4 is 4.74 Å². The molecule has 4 heteroatoms. The summed E-state index contributed by atoms with van der Waals surface area (Å²) in [4.78, 5) is 0. The van der Waals surface area contributed by atoms with Gasteiger partial charge in [0.2, 0.25) is 0 Å². The van der Waals surface area contributed by atoms with E-state index in [-0.39, 0.29) is 5.82 Å². The third-order valence-electron chi connectivity index (χ3n) is 2.32. The van der Waals surface area contributed by atoms with Gasteiger partial charge >= 0.3 is 0 Å². The van der Waals surface area contributed by atoms with Crippen molar-refractivity contribution in [2.24, 2.45) is 0 Å². The molecule has 0 radical (unpaired) electrons. The number of hydrogen-bond acceptors (Lipinski definition) is 3. The third kappa shape index (κ3) is 4.96. The first-order chi connectivity index (χ1) is 8.15. The maximum absolute atomic E-state index is 13.1. The van der Waals surface area contributed by atoms with E-state index in [1.54, 1.807) is 13.0 Å². The lowest BCUT2D eigenvalue weighted by Crippen LogP contribution is -2.03. The van der Waals surface area contributed by atoms with E-state index in [2.05, 4.69) is 6.92 Å². The van der Waals surface area contributed by atoms with Gasteiger partial charge in [-0.15, -0.1) is 0 Å². The van der Waals surface area contributed by atoms with Crippen LogP contribution >= 0.6 is 11.8 Å². The quantitative estimate of drug-likeness (QED) is 0.760. The van der Waals surface area contributed by atoms with Gasteiger partial charge in [0.05, 0.1) is 12.7 Å². The van der Waals surface area contributed by atoms with E-state index >= 15 is 0 Å². The fourth-order valence-corrected chi connectivity index (χ4v) is 2.08. The van der Waals surface area contributed by atoms with E-state index in [9.17, 15) is 9.50 Å². The van der Waals surface area contributed by atoms with Crippen molar-refractivity contribution in [2.45, 2.75) is 26.4 Å². The first-order valence-electron chi connectivity index (χ1n) is 5.83. The number of hydrogen-bond donors (Lipinski definition) is 1. The molecule has 0 fully saturated rings. The van der Waals surface area contributed by atoms with E-state index in [4.69, 9.17) is 4.74 Å². The number of aliphatic hydroxyl groups excluding tert-OH is 1. The predicted octanol–water partition coefficient (Wildman–Crippen LogP) is 3.40. The predicted molar refractivity (Wildman–Crippen MR) is 70.1 cm³/mol. The monoisotopic (exact) mass is 258 g/mol. The lowest BCUT2D eigenvalue weighted by Gasteiger charge is -2.13. The van der Waals surface area contributed by atoms with Crippen molar-refractivity contribution in [3.63, 3.8) is 0 Å². The van der Waals surface area contributed by atoms with Crippen molar-refractivity contribution in [1.29, 1.82) is 0 Å².